The molecule has 0 unspecified atom stereocenters. The molecule has 0 aliphatic rings. The van der Waals surface area contributed by atoms with E-state index in [-0.39, 0.29) is 5.76 Å². The van der Waals surface area contributed by atoms with Gasteiger partial charge in [-0.3, -0.25) is 0 Å². The largest absolute Gasteiger partial charge is 0.497 e. The highest BCUT2D eigenvalue weighted by Gasteiger charge is 2.07. The molecular weight excluding hydrogens is 244 g/mol. The average Bonchev–Trinajstić information content (AvgIpc) is 2.43. The van der Waals surface area contributed by atoms with E-state index >= 15 is 0 Å². The fourth-order valence-electron chi connectivity index (χ4n) is 1.54. The minimum absolute atomic E-state index is 0.0680. The molecule has 4 nitrogen and oxygen atoms in total. The Bertz CT molecular complexity index is 483. The van der Waals surface area contributed by atoms with Crippen LogP contribution in [0.15, 0.2) is 41.7 Å². The number of methoxy groups -OCH3 is 2. The molecule has 0 aromatic heterocycles. The smallest absolute Gasteiger partial charge is 0.371 e. The number of benzene rings is 1. The number of ether oxygens (including phenoxy) is 2. The van der Waals surface area contributed by atoms with Crippen LogP contribution in [-0.2, 0) is 9.53 Å². The first-order chi connectivity index (χ1) is 9.10. The highest BCUT2D eigenvalue weighted by Crippen LogP contribution is 2.17. The van der Waals surface area contributed by atoms with Gasteiger partial charge < -0.3 is 14.6 Å². The van der Waals surface area contributed by atoms with E-state index in [0.717, 1.165) is 16.9 Å². The molecule has 1 N–H and O–H groups in total. The molecule has 19 heavy (non-hydrogen) atoms. The maximum absolute atomic E-state index is 10.9. The number of carboxylic acids is 1. The zero-order valence-electron chi connectivity index (χ0n) is 11.3. The molecule has 0 bridgehead atoms. The lowest BCUT2D eigenvalue weighted by Gasteiger charge is -2.04. The summed E-state index contributed by atoms with van der Waals surface area (Å²) in [7, 11) is 2.96. The second kappa shape index (κ2) is 7.26. The zero-order valence-corrected chi connectivity index (χ0v) is 11.3. The van der Waals surface area contributed by atoms with Crippen molar-refractivity contribution in [1.82, 2.24) is 0 Å². The van der Waals surface area contributed by atoms with Gasteiger partial charge >= 0.3 is 5.97 Å². The third-order valence-electron chi connectivity index (χ3n) is 2.62. The number of carbonyl (C=O) groups is 1. The molecule has 1 aromatic rings. The molecule has 0 aliphatic carbocycles. The molecule has 0 fully saturated rings. The highest BCUT2D eigenvalue weighted by atomic mass is 16.5. The molecule has 102 valence electrons. The van der Waals surface area contributed by atoms with Crippen LogP contribution in [0.2, 0.25) is 0 Å². The van der Waals surface area contributed by atoms with Gasteiger partial charge in [0.1, 0.15) is 5.75 Å². The molecule has 0 spiro atoms. The maximum Gasteiger partial charge on any atom is 0.371 e. The molecule has 0 heterocycles. The summed E-state index contributed by atoms with van der Waals surface area (Å²) in [6, 6.07) is 7.54. The number of carboxylic acid groups (broad SMARTS) is 1. The van der Waals surface area contributed by atoms with E-state index in [4.69, 9.17) is 14.6 Å². The molecule has 0 amide bonds. The van der Waals surface area contributed by atoms with Gasteiger partial charge in [-0.15, -0.1) is 0 Å². The van der Waals surface area contributed by atoms with Crippen molar-refractivity contribution >= 4 is 12.0 Å². The first-order valence-corrected chi connectivity index (χ1v) is 5.94. The Hall–Kier alpha value is -2.23. The van der Waals surface area contributed by atoms with Gasteiger partial charge in [0, 0.05) is 0 Å². The summed E-state index contributed by atoms with van der Waals surface area (Å²) in [5, 5.41) is 8.92. The summed E-state index contributed by atoms with van der Waals surface area (Å²) in [4.78, 5) is 10.9. The van der Waals surface area contributed by atoms with Gasteiger partial charge in [-0.1, -0.05) is 25.1 Å². The van der Waals surface area contributed by atoms with Crippen molar-refractivity contribution in [3.8, 4) is 5.75 Å². The summed E-state index contributed by atoms with van der Waals surface area (Å²) in [5.41, 5.74) is 1.86. The van der Waals surface area contributed by atoms with E-state index in [1.54, 1.807) is 7.11 Å². The Morgan fingerprint density at radius 2 is 1.89 bits per heavy atom. The summed E-state index contributed by atoms with van der Waals surface area (Å²) in [5.74, 6) is -0.355. The van der Waals surface area contributed by atoms with Crippen LogP contribution in [0.1, 0.15) is 18.9 Å². The third kappa shape index (κ3) is 4.50. The Kier molecular flexibility index (Phi) is 5.67. The predicted octanol–water partition coefficient (Wildman–Crippen LogP) is 3.10. The average molecular weight is 262 g/mol. The number of aliphatic carboxylic acids is 1. The Morgan fingerprint density at radius 1 is 1.26 bits per heavy atom. The molecule has 0 saturated heterocycles. The van der Waals surface area contributed by atoms with Gasteiger partial charge in [0.2, 0.25) is 5.76 Å². The van der Waals surface area contributed by atoms with Gasteiger partial charge in [0.25, 0.3) is 0 Å². The molecule has 0 atom stereocenters. The van der Waals surface area contributed by atoms with Gasteiger partial charge in [0.15, 0.2) is 0 Å². The second-order valence-electron chi connectivity index (χ2n) is 3.86. The van der Waals surface area contributed by atoms with Crippen LogP contribution < -0.4 is 4.74 Å². The summed E-state index contributed by atoms with van der Waals surface area (Å²) >= 11 is 0. The van der Waals surface area contributed by atoms with E-state index in [1.165, 1.54) is 13.2 Å². The topological polar surface area (TPSA) is 55.8 Å². The predicted molar refractivity (Wildman–Crippen MR) is 74.0 cm³/mol. The van der Waals surface area contributed by atoms with Gasteiger partial charge in [-0.25, -0.2) is 4.79 Å². The molecule has 4 heteroatoms. The lowest BCUT2D eigenvalue weighted by molar-refractivity contribution is -0.136. The maximum atomic E-state index is 10.9. The van der Waals surface area contributed by atoms with Crippen LogP contribution in [-0.4, -0.2) is 25.3 Å². The molecule has 0 aliphatic heterocycles. The summed E-state index contributed by atoms with van der Waals surface area (Å²) < 4.78 is 9.90. The number of rotatable bonds is 6. The van der Waals surface area contributed by atoms with Crippen LogP contribution in [0, 0.1) is 0 Å². The highest BCUT2D eigenvalue weighted by molar-refractivity contribution is 5.85. The van der Waals surface area contributed by atoms with E-state index in [2.05, 4.69) is 0 Å². The summed E-state index contributed by atoms with van der Waals surface area (Å²) in [6.07, 6.45) is 4.17. The molecule has 1 rings (SSSR count). The molecule has 0 saturated carbocycles. The van der Waals surface area contributed by atoms with E-state index in [1.807, 2.05) is 37.3 Å². The van der Waals surface area contributed by atoms with Crippen molar-refractivity contribution in [1.29, 1.82) is 0 Å². The van der Waals surface area contributed by atoms with Crippen LogP contribution in [0.25, 0.3) is 6.08 Å². The Balaban J connectivity index is 3.00. The lowest BCUT2D eigenvalue weighted by atomic mass is 10.1. The first kappa shape index (κ1) is 14.8. The first-order valence-electron chi connectivity index (χ1n) is 5.94. The van der Waals surface area contributed by atoms with Gasteiger partial charge in [-0.2, -0.15) is 0 Å². The Morgan fingerprint density at radius 3 is 2.32 bits per heavy atom. The summed E-state index contributed by atoms with van der Waals surface area (Å²) in [6.45, 7) is 1.96. The van der Waals surface area contributed by atoms with Crippen molar-refractivity contribution < 1.29 is 19.4 Å². The van der Waals surface area contributed by atoms with E-state index < -0.39 is 5.97 Å². The SMILES string of the molecule is CCC(=C\c1ccc(OC)cc1)/C=C(/OC)C(=O)O. The van der Waals surface area contributed by atoms with Gasteiger partial charge in [0.05, 0.1) is 14.2 Å². The molecule has 1 aromatic carbocycles. The van der Waals surface area contributed by atoms with Crippen molar-refractivity contribution in [2.45, 2.75) is 13.3 Å². The Labute approximate surface area is 113 Å². The normalized spacial score (nSPS) is 12.2. The van der Waals surface area contributed by atoms with Crippen LogP contribution >= 0.6 is 0 Å². The van der Waals surface area contributed by atoms with Crippen LogP contribution in [0.5, 0.6) is 5.75 Å². The minimum Gasteiger partial charge on any atom is -0.497 e. The zero-order chi connectivity index (χ0) is 14.3. The number of allylic oxidation sites excluding steroid dienone is 2. The fourth-order valence-corrected chi connectivity index (χ4v) is 1.54. The quantitative estimate of drug-likeness (QED) is 0.486. The number of hydrogen-bond donors (Lipinski definition) is 1. The van der Waals surface area contributed by atoms with Crippen LogP contribution in [0.3, 0.4) is 0 Å². The van der Waals surface area contributed by atoms with Crippen molar-refractivity contribution in [2.24, 2.45) is 0 Å². The van der Waals surface area contributed by atoms with Crippen molar-refractivity contribution in [3.05, 3.63) is 47.2 Å². The van der Waals surface area contributed by atoms with Crippen molar-refractivity contribution in [2.75, 3.05) is 14.2 Å². The monoisotopic (exact) mass is 262 g/mol. The van der Waals surface area contributed by atoms with Crippen LogP contribution in [0.4, 0.5) is 0 Å². The second-order valence-corrected chi connectivity index (χ2v) is 3.86. The lowest BCUT2D eigenvalue weighted by Crippen LogP contribution is -2.02. The van der Waals surface area contributed by atoms with Gasteiger partial charge in [-0.05, 0) is 35.8 Å². The standard InChI is InChI=1S/C15H18O4/c1-4-11(10-14(19-3)15(16)17)9-12-5-7-13(18-2)8-6-12/h5-10H,4H2,1-3H3,(H,16,17)/b11-9+,14-10+. The molecule has 0 radical (unpaired) electrons. The minimum atomic E-state index is -1.07. The van der Waals surface area contributed by atoms with E-state index in [0.29, 0.717) is 6.42 Å². The van der Waals surface area contributed by atoms with E-state index in [9.17, 15) is 4.79 Å². The van der Waals surface area contributed by atoms with Crippen molar-refractivity contribution in [3.63, 3.8) is 0 Å². The number of hydrogen-bond acceptors (Lipinski definition) is 3. The molecular formula is C15H18O4. The fraction of sp³-hybridized carbons (Fsp3) is 0.267. The third-order valence-corrected chi connectivity index (χ3v) is 2.62.